The maximum Gasteiger partial charge on any atom is 0.231 e. The molecule has 0 spiro atoms. The largest absolute Gasteiger partial charge is 0.493 e. The van der Waals surface area contributed by atoms with Crippen LogP contribution in [0.2, 0.25) is 10.0 Å². The fourth-order valence-corrected chi connectivity index (χ4v) is 5.58. The number of hydrogen-bond donors (Lipinski definition) is 1. The molecule has 0 bridgehead atoms. The molecular weight excluding hydrogens is 577 g/mol. The number of halogens is 2. The molecule has 3 heterocycles. The Balaban J connectivity index is 1.20. The van der Waals surface area contributed by atoms with Crippen LogP contribution in [0.4, 0.5) is 0 Å². The Bertz CT molecular complexity index is 1580. The molecule has 218 valence electrons. The molecule has 3 aromatic carbocycles. The van der Waals surface area contributed by atoms with Crippen LogP contribution in [-0.4, -0.2) is 59.8 Å². The molecule has 2 aliphatic heterocycles. The van der Waals surface area contributed by atoms with Gasteiger partial charge < -0.3 is 24.3 Å². The molecular formula is C31H31Cl2N5O4. The van der Waals surface area contributed by atoms with Crippen molar-refractivity contribution in [3.63, 3.8) is 0 Å². The highest BCUT2D eigenvalue weighted by Crippen LogP contribution is 2.41. The van der Waals surface area contributed by atoms with Crippen molar-refractivity contribution in [2.45, 2.75) is 19.5 Å². The zero-order valence-electron chi connectivity index (χ0n) is 23.2. The Morgan fingerprint density at radius 3 is 2.76 bits per heavy atom. The number of fused-ring (bicyclic) bond motifs is 2. The molecule has 1 N–H and O–H groups in total. The van der Waals surface area contributed by atoms with Gasteiger partial charge in [-0.1, -0.05) is 41.4 Å². The minimum Gasteiger partial charge on any atom is -0.493 e. The topological polar surface area (TPSA) is 82.9 Å². The molecule has 0 unspecified atom stereocenters. The van der Waals surface area contributed by atoms with Crippen molar-refractivity contribution in [1.82, 2.24) is 25.0 Å². The van der Waals surface area contributed by atoms with E-state index in [9.17, 15) is 0 Å². The zero-order valence-corrected chi connectivity index (χ0v) is 24.7. The highest BCUT2D eigenvalue weighted by Gasteiger charge is 2.22. The Morgan fingerprint density at radius 2 is 1.95 bits per heavy atom. The molecule has 4 aromatic rings. The molecule has 0 amide bonds. The molecule has 0 fully saturated rings. The van der Waals surface area contributed by atoms with E-state index in [1.807, 2.05) is 53.2 Å². The molecule has 0 aliphatic carbocycles. The molecule has 0 saturated heterocycles. The molecule has 6 rings (SSSR count). The third-order valence-electron chi connectivity index (χ3n) is 7.33. The number of benzene rings is 3. The van der Waals surface area contributed by atoms with Crippen molar-refractivity contribution < 1.29 is 18.9 Å². The summed E-state index contributed by atoms with van der Waals surface area (Å²) in [5.41, 5.74) is 5.10. The standard InChI is InChI=1S/C31H31Cl2N5O4/c1-39-27-7-6-22(14-26-24-16-29-28(41-20-42-29)15-21(24)8-9-35-26)30(33)31(27)40-13-12-37(10-11-38-19-34-18-36-38)17-23-4-2-3-5-25(23)32/h2-7,14-16,18-19,35H,8-13,17,20H2,1H3/b26-14-. The zero-order chi connectivity index (χ0) is 28.9. The first-order valence-electron chi connectivity index (χ1n) is 13.7. The van der Waals surface area contributed by atoms with Crippen molar-refractivity contribution in [3.8, 4) is 23.0 Å². The third kappa shape index (κ3) is 6.28. The number of ether oxygens (including phenoxy) is 4. The van der Waals surface area contributed by atoms with Crippen molar-refractivity contribution in [1.29, 1.82) is 0 Å². The quantitative estimate of drug-likeness (QED) is 0.238. The summed E-state index contributed by atoms with van der Waals surface area (Å²) in [7, 11) is 1.61. The fraction of sp³-hybridized carbons (Fsp3) is 0.290. The lowest BCUT2D eigenvalue weighted by molar-refractivity contribution is 0.174. The van der Waals surface area contributed by atoms with Gasteiger partial charge in [-0.25, -0.2) is 4.98 Å². The summed E-state index contributed by atoms with van der Waals surface area (Å²) in [5.74, 6) is 2.61. The maximum absolute atomic E-state index is 6.96. The summed E-state index contributed by atoms with van der Waals surface area (Å²) < 4.78 is 24.9. The van der Waals surface area contributed by atoms with Crippen LogP contribution < -0.4 is 24.3 Å². The summed E-state index contributed by atoms with van der Waals surface area (Å²) >= 11 is 13.4. The Labute approximate surface area is 254 Å². The Morgan fingerprint density at radius 1 is 1.10 bits per heavy atom. The van der Waals surface area contributed by atoms with Crippen LogP contribution in [0.1, 0.15) is 22.3 Å². The summed E-state index contributed by atoms with van der Waals surface area (Å²) in [6.45, 7) is 4.16. The number of nitrogens with zero attached hydrogens (tertiary/aromatic N) is 4. The van der Waals surface area contributed by atoms with Crippen molar-refractivity contribution in [2.75, 3.05) is 40.1 Å². The van der Waals surface area contributed by atoms with Gasteiger partial charge in [-0.3, -0.25) is 9.58 Å². The van der Waals surface area contributed by atoms with Gasteiger partial charge in [0.25, 0.3) is 0 Å². The van der Waals surface area contributed by atoms with E-state index in [0.717, 1.165) is 58.4 Å². The maximum atomic E-state index is 6.96. The van der Waals surface area contributed by atoms with Gasteiger partial charge >= 0.3 is 0 Å². The van der Waals surface area contributed by atoms with Crippen molar-refractivity contribution >= 4 is 35.0 Å². The molecule has 0 atom stereocenters. The lowest BCUT2D eigenvalue weighted by Crippen LogP contribution is -2.31. The predicted molar refractivity (Wildman–Crippen MR) is 162 cm³/mol. The molecule has 9 nitrogen and oxygen atoms in total. The number of hydrogen-bond acceptors (Lipinski definition) is 8. The van der Waals surface area contributed by atoms with Gasteiger partial charge in [-0.2, -0.15) is 5.10 Å². The van der Waals surface area contributed by atoms with Gasteiger partial charge in [-0.15, -0.1) is 0 Å². The lowest BCUT2D eigenvalue weighted by Gasteiger charge is -2.24. The van der Waals surface area contributed by atoms with Gasteiger partial charge in [0.15, 0.2) is 23.0 Å². The minimum atomic E-state index is 0.242. The molecule has 11 heteroatoms. The number of methoxy groups -OCH3 is 1. The van der Waals surface area contributed by atoms with Crippen LogP contribution in [0, 0.1) is 0 Å². The van der Waals surface area contributed by atoms with E-state index in [0.29, 0.717) is 42.8 Å². The SMILES string of the molecule is COc1ccc(/C=C2\NCCc3cc4c(cc32)OCO4)c(Cl)c1OCCN(CCn1cncn1)Cc1ccccc1Cl. The Kier molecular flexibility index (Phi) is 8.69. The van der Waals surface area contributed by atoms with E-state index in [1.165, 1.54) is 11.9 Å². The van der Waals surface area contributed by atoms with Gasteiger partial charge in [0.2, 0.25) is 6.79 Å². The normalized spacial score (nSPS) is 14.6. The number of rotatable bonds is 11. The van der Waals surface area contributed by atoms with Gasteiger partial charge in [-0.05, 0) is 59.5 Å². The van der Waals surface area contributed by atoms with Crippen LogP contribution in [0.25, 0.3) is 11.8 Å². The van der Waals surface area contributed by atoms with Crippen LogP contribution in [0.3, 0.4) is 0 Å². The van der Waals surface area contributed by atoms with Gasteiger partial charge in [0.05, 0.1) is 18.7 Å². The van der Waals surface area contributed by atoms with Crippen LogP contribution in [-0.2, 0) is 19.5 Å². The number of aromatic nitrogens is 3. The van der Waals surface area contributed by atoms with Gasteiger partial charge in [0, 0.05) is 42.5 Å². The fourth-order valence-electron chi connectivity index (χ4n) is 5.12. The average molecular weight is 609 g/mol. The van der Waals surface area contributed by atoms with Crippen LogP contribution >= 0.6 is 23.2 Å². The monoisotopic (exact) mass is 607 g/mol. The molecule has 1 aromatic heterocycles. The lowest BCUT2D eigenvalue weighted by atomic mass is 9.96. The number of nitrogens with one attached hydrogen (secondary N) is 1. The van der Waals surface area contributed by atoms with Gasteiger partial charge in [0.1, 0.15) is 19.3 Å². The second-order valence-corrected chi connectivity index (χ2v) is 10.8. The summed E-state index contributed by atoms with van der Waals surface area (Å²) in [6.07, 6.45) is 6.18. The highest BCUT2D eigenvalue weighted by atomic mass is 35.5. The van der Waals surface area contributed by atoms with Crippen molar-refractivity contribution in [2.24, 2.45) is 0 Å². The van der Waals surface area contributed by atoms with E-state index in [2.05, 4.69) is 26.4 Å². The van der Waals surface area contributed by atoms with E-state index in [4.69, 9.17) is 42.1 Å². The van der Waals surface area contributed by atoms with E-state index in [-0.39, 0.29) is 6.79 Å². The minimum absolute atomic E-state index is 0.242. The van der Waals surface area contributed by atoms with E-state index >= 15 is 0 Å². The second kappa shape index (κ2) is 12.9. The van der Waals surface area contributed by atoms with E-state index in [1.54, 1.807) is 13.4 Å². The van der Waals surface area contributed by atoms with Crippen LogP contribution in [0.15, 0.2) is 61.2 Å². The van der Waals surface area contributed by atoms with Crippen molar-refractivity contribution in [3.05, 3.63) is 93.5 Å². The molecule has 2 aliphatic rings. The first-order valence-corrected chi connectivity index (χ1v) is 14.5. The van der Waals surface area contributed by atoms with Crippen LogP contribution in [0.5, 0.6) is 23.0 Å². The molecule has 42 heavy (non-hydrogen) atoms. The highest BCUT2D eigenvalue weighted by molar-refractivity contribution is 6.34. The third-order valence-corrected chi connectivity index (χ3v) is 8.09. The predicted octanol–water partition coefficient (Wildman–Crippen LogP) is 5.55. The molecule has 0 radical (unpaired) electrons. The first kappa shape index (κ1) is 28.2. The Hall–Kier alpha value is -3.92. The first-order chi connectivity index (χ1) is 20.6. The molecule has 0 saturated carbocycles. The van der Waals surface area contributed by atoms with E-state index < -0.39 is 0 Å². The summed E-state index contributed by atoms with van der Waals surface area (Å²) in [6, 6.07) is 15.8. The average Bonchev–Trinajstić information content (AvgIpc) is 3.70. The smallest absolute Gasteiger partial charge is 0.231 e. The summed E-state index contributed by atoms with van der Waals surface area (Å²) in [4.78, 5) is 6.31. The second-order valence-electron chi connectivity index (χ2n) is 9.97. The summed E-state index contributed by atoms with van der Waals surface area (Å²) in [5, 5.41) is 8.95.